The summed E-state index contributed by atoms with van der Waals surface area (Å²) in [7, 11) is 3.31. The summed E-state index contributed by atoms with van der Waals surface area (Å²) in [6.45, 7) is 1.01. The molecular weight excluding hydrogens is 460 g/mol. The van der Waals surface area contributed by atoms with Crippen LogP contribution in [0.15, 0.2) is 47.0 Å². The number of benzene rings is 1. The fourth-order valence-corrected chi connectivity index (χ4v) is 3.37. The summed E-state index contributed by atoms with van der Waals surface area (Å²) >= 11 is 5.84. The quantitative estimate of drug-likeness (QED) is 0.390. The van der Waals surface area contributed by atoms with Crippen LogP contribution in [0, 0.1) is 0 Å². The van der Waals surface area contributed by atoms with Crippen LogP contribution >= 0.6 is 11.6 Å². The Kier molecular flexibility index (Phi) is 9.00. The minimum atomic E-state index is -0.550. The largest absolute Gasteiger partial charge is 0.449 e. The van der Waals surface area contributed by atoms with Gasteiger partial charge < -0.3 is 24.7 Å². The zero-order valence-corrected chi connectivity index (χ0v) is 19.9. The number of likely N-dealkylation sites (N-methyl/N-ethyl adjacent to an activating group) is 1. The van der Waals surface area contributed by atoms with Gasteiger partial charge in [0.05, 0.1) is 11.6 Å². The highest BCUT2D eigenvalue weighted by Gasteiger charge is 2.22. The van der Waals surface area contributed by atoms with Crippen molar-refractivity contribution in [3.8, 4) is 0 Å². The second kappa shape index (κ2) is 12.2. The summed E-state index contributed by atoms with van der Waals surface area (Å²) in [6.07, 6.45) is 3.07. The Labute approximate surface area is 202 Å². The number of ether oxygens (including phenoxy) is 1. The number of nitrogens with one attached hydrogen (secondary N) is 2. The van der Waals surface area contributed by atoms with Crippen LogP contribution in [-0.2, 0) is 14.3 Å². The molecule has 0 saturated carbocycles. The van der Waals surface area contributed by atoms with Crippen LogP contribution in [0.25, 0.3) is 11.0 Å². The Bertz CT molecular complexity index is 1150. The lowest BCUT2D eigenvalue weighted by molar-refractivity contribution is -0.130. The number of rotatable bonds is 11. The molecule has 3 aromatic rings. The molecule has 180 valence electrons. The van der Waals surface area contributed by atoms with E-state index in [1.54, 1.807) is 55.5 Å². The molecule has 0 aliphatic heterocycles. The third kappa shape index (κ3) is 6.79. The number of carbonyl (C=O) groups is 3. The van der Waals surface area contributed by atoms with Crippen LogP contribution < -0.4 is 10.6 Å². The average molecular weight is 487 g/mol. The zero-order valence-electron chi connectivity index (χ0n) is 19.1. The molecule has 0 unspecified atom stereocenters. The van der Waals surface area contributed by atoms with E-state index < -0.39 is 5.91 Å². The number of amides is 3. The summed E-state index contributed by atoms with van der Waals surface area (Å²) in [5.74, 6) is -0.544. The topological polar surface area (TPSA) is 114 Å². The molecule has 0 radical (unpaired) electrons. The Morgan fingerprint density at radius 2 is 1.85 bits per heavy atom. The number of methoxy groups -OCH3 is 1. The van der Waals surface area contributed by atoms with E-state index in [-0.39, 0.29) is 24.0 Å². The SMILES string of the molecule is COCCN(C)C(=O)CCCCC(=O)Nc1c(C(=O)Nc2ccc(Cl)cn2)oc2ccccc12. The Morgan fingerprint density at radius 3 is 2.59 bits per heavy atom. The fraction of sp³-hybridized carbons (Fsp3) is 0.333. The first kappa shape index (κ1) is 25.2. The predicted molar refractivity (Wildman–Crippen MR) is 130 cm³/mol. The molecule has 0 fully saturated rings. The second-order valence-electron chi connectivity index (χ2n) is 7.68. The van der Waals surface area contributed by atoms with Crippen molar-refractivity contribution in [2.45, 2.75) is 25.7 Å². The number of anilines is 2. The van der Waals surface area contributed by atoms with Gasteiger partial charge in [0.2, 0.25) is 17.6 Å². The number of halogens is 1. The first-order valence-electron chi connectivity index (χ1n) is 10.9. The monoisotopic (exact) mass is 486 g/mol. The first-order chi connectivity index (χ1) is 16.4. The maximum atomic E-state index is 12.9. The van der Waals surface area contributed by atoms with E-state index in [2.05, 4.69) is 15.6 Å². The van der Waals surface area contributed by atoms with Gasteiger partial charge in [-0.2, -0.15) is 0 Å². The van der Waals surface area contributed by atoms with E-state index in [4.69, 9.17) is 20.8 Å². The molecule has 0 bridgehead atoms. The molecule has 3 rings (SSSR count). The highest BCUT2D eigenvalue weighted by atomic mass is 35.5. The van der Waals surface area contributed by atoms with E-state index in [1.807, 2.05) is 0 Å². The first-order valence-corrected chi connectivity index (χ1v) is 11.2. The second-order valence-corrected chi connectivity index (χ2v) is 8.12. The van der Waals surface area contributed by atoms with Crippen molar-refractivity contribution in [2.75, 3.05) is 37.9 Å². The minimum absolute atomic E-state index is 0.00746. The van der Waals surface area contributed by atoms with Gasteiger partial charge in [0.1, 0.15) is 17.1 Å². The van der Waals surface area contributed by atoms with Crippen molar-refractivity contribution in [1.82, 2.24) is 9.88 Å². The molecule has 0 aliphatic carbocycles. The van der Waals surface area contributed by atoms with Crippen LogP contribution in [0.4, 0.5) is 11.5 Å². The van der Waals surface area contributed by atoms with Gasteiger partial charge in [-0.15, -0.1) is 0 Å². The summed E-state index contributed by atoms with van der Waals surface area (Å²) in [6, 6.07) is 10.2. The summed E-state index contributed by atoms with van der Waals surface area (Å²) < 4.78 is 10.7. The van der Waals surface area contributed by atoms with Crippen molar-refractivity contribution in [3.05, 3.63) is 53.4 Å². The molecule has 0 saturated heterocycles. The number of hydrogen-bond donors (Lipinski definition) is 2. The Morgan fingerprint density at radius 1 is 1.09 bits per heavy atom. The summed E-state index contributed by atoms with van der Waals surface area (Å²) in [4.78, 5) is 43.2. The van der Waals surface area contributed by atoms with E-state index in [9.17, 15) is 14.4 Å². The highest BCUT2D eigenvalue weighted by molar-refractivity contribution is 6.30. The molecule has 0 spiro atoms. The maximum absolute atomic E-state index is 12.9. The van der Waals surface area contributed by atoms with Gasteiger partial charge >= 0.3 is 0 Å². The van der Waals surface area contributed by atoms with E-state index >= 15 is 0 Å². The van der Waals surface area contributed by atoms with E-state index in [0.717, 1.165) is 0 Å². The Balaban J connectivity index is 1.62. The van der Waals surface area contributed by atoms with Crippen LogP contribution in [0.5, 0.6) is 0 Å². The van der Waals surface area contributed by atoms with Crippen molar-refractivity contribution >= 4 is 51.8 Å². The predicted octanol–water partition coefficient (Wildman–Crippen LogP) is 4.34. The van der Waals surface area contributed by atoms with Gasteiger partial charge in [-0.25, -0.2) is 4.98 Å². The smallest absolute Gasteiger partial charge is 0.294 e. The molecule has 2 heterocycles. The number of aromatic nitrogens is 1. The van der Waals surface area contributed by atoms with Crippen molar-refractivity contribution in [3.63, 3.8) is 0 Å². The lowest BCUT2D eigenvalue weighted by Gasteiger charge is -2.16. The average Bonchev–Trinajstić information content (AvgIpc) is 3.20. The molecule has 3 amide bonds. The van der Waals surface area contributed by atoms with Crippen LogP contribution in [0.3, 0.4) is 0 Å². The van der Waals surface area contributed by atoms with Gasteiger partial charge in [0, 0.05) is 45.1 Å². The number of para-hydroxylation sites is 1. The molecule has 10 heteroatoms. The number of unbranched alkanes of at least 4 members (excludes halogenated alkanes) is 1. The van der Waals surface area contributed by atoms with Crippen LogP contribution in [0.2, 0.25) is 5.02 Å². The molecule has 0 atom stereocenters. The molecule has 2 aromatic heterocycles. The van der Waals surface area contributed by atoms with Crippen LogP contribution in [-0.4, -0.2) is 54.9 Å². The molecule has 1 aromatic carbocycles. The van der Waals surface area contributed by atoms with Gasteiger partial charge in [0.15, 0.2) is 0 Å². The molecule has 34 heavy (non-hydrogen) atoms. The number of fused-ring (bicyclic) bond motifs is 1. The van der Waals surface area contributed by atoms with Crippen LogP contribution in [0.1, 0.15) is 36.2 Å². The number of furan rings is 1. The van der Waals surface area contributed by atoms with Crippen molar-refractivity contribution in [2.24, 2.45) is 0 Å². The van der Waals surface area contributed by atoms with E-state index in [0.29, 0.717) is 59.9 Å². The third-order valence-electron chi connectivity index (χ3n) is 5.14. The third-order valence-corrected chi connectivity index (χ3v) is 5.36. The maximum Gasteiger partial charge on any atom is 0.294 e. The zero-order chi connectivity index (χ0) is 24.5. The Hall–Kier alpha value is -3.43. The number of hydrogen-bond acceptors (Lipinski definition) is 6. The van der Waals surface area contributed by atoms with Gasteiger partial charge in [-0.1, -0.05) is 23.7 Å². The molecule has 2 N–H and O–H groups in total. The lowest BCUT2D eigenvalue weighted by atomic mass is 10.1. The van der Waals surface area contributed by atoms with Gasteiger partial charge in [-0.3, -0.25) is 14.4 Å². The molecule has 9 nitrogen and oxygen atoms in total. The minimum Gasteiger partial charge on any atom is -0.449 e. The standard InChI is InChI=1S/C24H27ClN4O5/c1-29(13-14-33-2)21(31)10-6-5-9-20(30)28-22-17-7-3-4-8-18(17)34-23(22)24(32)27-19-12-11-16(25)15-26-19/h3-4,7-8,11-12,15H,5-6,9-10,13-14H2,1-2H3,(H,28,30)(H,26,27,32). The lowest BCUT2D eigenvalue weighted by Crippen LogP contribution is -2.29. The number of pyridine rings is 1. The molecule has 0 aliphatic rings. The van der Waals surface area contributed by atoms with Gasteiger partial charge in [-0.05, 0) is 37.1 Å². The number of nitrogens with zero attached hydrogens (tertiary/aromatic N) is 2. The van der Waals surface area contributed by atoms with Gasteiger partial charge in [0.25, 0.3) is 5.91 Å². The van der Waals surface area contributed by atoms with E-state index in [1.165, 1.54) is 6.20 Å². The van der Waals surface area contributed by atoms with Crippen molar-refractivity contribution < 1.29 is 23.5 Å². The number of carbonyl (C=O) groups excluding carboxylic acids is 3. The highest BCUT2D eigenvalue weighted by Crippen LogP contribution is 2.31. The summed E-state index contributed by atoms with van der Waals surface area (Å²) in [5.41, 5.74) is 0.763. The fourth-order valence-electron chi connectivity index (χ4n) is 3.26. The normalized spacial score (nSPS) is 10.8. The molecular formula is C24H27ClN4O5. The van der Waals surface area contributed by atoms with Crippen molar-refractivity contribution in [1.29, 1.82) is 0 Å². The summed E-state index contributed by atoms with van der Waals surface area (Å²) in [5, 5.41) is 6.50.